The second kappa shape index (κ2) is 5.81. The minimum absolute atomic E-state index is 0.224. The Morgan fingerprint density at radius 3 is 2.46 bits per heavy atom. The lowest BCUT2D eigenvalue weighted by Crippen LogP contribution is -2.36. The normalized spacial score (nSPS) is 11.1. The van der Waals surface area contributed by atoms with Crippen LogP contribution >= 0.6 is 0 Å². The van der Waals surface area contributed by atoms with Gasteiger partial charge in [0.15, 0.2) is 0 Å². The fourth-order valence-corrected chi connectivity index (χ4v) is 2.73. The largest absolute Gasteiger partial charge is 0.366 e. The number of rotatable bonds is 3. The summed E-state index contributed by atoms with van der Waals surface area (Å²) in [5.41, 5.74) is 6.97. The van der Waals surface area contributed by atoms with Crippen molar-refractivity contribution in [2.24, 2.45) is 5.73 Å². The molecule has 0 aliphatic carbocycles. The van der Waals surface area contributed by atoms with E-state index in [-0.39, 0.29) is 11.6 Å². The van der Waals surface area contributed by atoms with Crippen LogP contribution in [0.15, 0.2) is 52.1 Å². The Bertz CT molecular complexity index is 1060. The zero-order valence-corrected chi connectivity index (χ0v) is 13.4. The van der Waals surface area contributed by atoms with Crippen molar-refractivity contribution in [3.05, 3.63) is 68.9 Å². The lowest BCUT2D eigenvalue weighted by molar-refractivity contribution is 0.100. The molecule has 3 rings (SSSR count). The van der Waals surface area contributed by atoms with E-state index in [9.17, 15) is 14.4 Å². The van der Waals surface area contributed by atoms with Crippen molar-refractivity contribution < 1.29 is 4.79 Å². The maximum absolute atomic E-state index is 12.5. The first kappa shape index (κ1) is 15.7. The molecule has 2 aromatic carbocycles. The summed E-state index contributed by atoms with van der Waals surface area (Å²) in [6.07, 6.45) is 0. The topological polar surface area (TPSA) is 97.9 Å². The minimum Gasteiger partial charge on any atom is -0.366 e. The quantitative estimate of drug-likeness (QED) is 0.771. The highest BCUT2D eigenvalue weighted by atomic mass is 16.2. The standard InChI is InChI=1S/C18H17N3O3/c1-10(2)21-17(23)14-7-6-12(9-15(14)20-18(21)24)11-4-3-5-13(8-11)16(19)22/h3-10H,1-2H3,(H2,19,22)(H,20,24). The Morgan fingerprint density at radius 2 is 1.79 bits per heavy atom. The predicted octanol–water partition coefficient (Wildman–Crippen LogP) is 2.04. The highest BCUT2D eigenvalue weighted by molar-refractivity contribution is 5.94. The lowest BCUT2D eigenvalue weighted by Gasteiger charge is -2.10. The van der Waals surface area contributed by atoms with Gasteiger partial charge in [-0.15, -0.1) is 0 Å². The number of nitrogens with one attached hydrogen (secondary N) is 1. The molecule has 122 valence electrons. The average Bonchev–Trinajstić information content (AvgIpc) is 2.54. The molecule has 1 heterocycles. The molecule has 0 saturated heterocycles. The number of amides is 1. The molecule has 1 amide bonds. The first-order chi connectivity index (χ1) is 11.4. The summed E-state index contributed by atoms with van der Waals surface area (Å²) in [5.74, 6) is -0.508. The number of benzene rings is 2. The number of H-pyrrole nitrogens is 1. The van der Waals surface area contributed by atoms with E-state index >= 15 is 0 Å². The summed E-state index contributed by atoms with van der Waals surface area (Å²) in [7, 11) is 0. The van der Waals surface area contributed by atoms with Crippen LogP contribution in [-0.4, -0.2) is 15.5 Å². The predicted molar refractivity (Wildman–Crippen MR) is 93.2 cm³/mol. The summed E-state index contributed by atoms with van der Waals surface area (Å²) in [4.78, 5) is 38.7. The molecule has 0 atom stereocenters. The van der Waals surface area contributed by atoms with Crippen molar-refractivity contribution in [2.45, 2.75) is 19.9 Å². The molecule has 24 heavy (non-hydrogen) atoms. The molecule has 3 N–H and O–H groups in total. The number of primary amides is 1. The van der Waals surface area contributed by atoms with E-state index in [0.29, 0.717) is 16.5 Å². The van der Waals surface area contributed by atoms with Gasteiger partial charge in [-0.25, -0.2) is 4.79 Å². The van der Waals surface area contributed by atoms with Crippen LogP contribution in [0.4, 0.5) is 0 Å². The van der Waals surface area contributed by atoms with Crippen LogP contribution in [0.3, 0.4) is 0 Å². The van der Waals surface area contributed by atoms with Crippen LogP contribution in [0.1, 0.15) is 30.2 Å². The van der Waals surface area contributed by atoms with Gasteiger partial charge in [0.1, 0.15) is 0 Å². The van der Waals surface area contributed by atoms with Crippen LogP contribution < -0.4 is 17.0 Å². The molecule has 0 aliphatic rings. The Balaban J connectivity index is 2.22. The van der Waals surface area contributed by atoms with Gasteiger partial charge in [0.05, 0.1) is 10.9 Å². The van der Waals surface area contributed by atoms with Crippen molar-refractivity contribution in [2.75, 3.05) is 0 Å². The fraction of sp³-hybridized carbons (Fsp3) is 0.167. The molecule has 0 saturated carbocycles. The number of hydrogen-bond donors (Lipinski definition) is 2. The number of hydrogen-bond acceptors (Lipinski definition) is 3. The minimum atomic E-state index is -0.508. The van der Waals surface area contributed by atoms with Crippen molar-refractivity contribution in [3.63, 3.8) is 0 Å². The third-order valence-electron chi connectivity index (χ3n) is 3.93. The van der Waals surface area contributed by atoms with Crippen molar-refractivity contribution in [3.8, 4) is 11.1 Å². The summed E-state index contributed by atoms with van der Waals surface area (Å²) >= 11 is 0. The van der Waals surface area contributed by atoms with Gasteiger partial charge in [0.25, 0.3) is 5.56 Å². The van der Waals surface area contributed by atoms with Gasteiger partial charge >= 0.3 is 5.69 Å². The van der Waals surface area contributed by atoms with E-state index in [1.807, 2.05) is 6.07 Å². The Labute approximate surface area is 137 Å². The third-order valence-corrected chi connectivity index (χ3v) is 3.93. The fourth-order valence-electron chi connectivity index (χ4n) is 2.73. The van der Waals surface area contributed by atoms with E-state index in [2.05, 4.69) is 4.98 Å². The van der Waals surface area contributed by atoms with Gasteiger partial charge in [0, 0.05) is 11.6 Å². The van der Waals surface area contributed by atoms with E-state index in [1.54, 1.807) is 50.2 Å². The van der Waals surface area contributed by atoms with Crippen LogP contribution in [0, 0.1) is 0 Å². The van der Waals surface area contributed by atoms with Gasteiger partial charge < -0.3 is 10.7 Å². The highest BCUT2D eigenvalue weighted by Gasteiger charge is 2.11. The van der Waals surface area contributed by atoms with E-state index < -0.39 is 11.6 Å². The van der Waals surface area contributed by atoms with Gasteiger partial charge in [0.2, 0.25) is 5.91 Å². The van der Waals surface area contributed by atoms with E-state index in [4.69, 9.17) is 5.73 Å². The summed E-state index contributed by atoms with van der Waals surface area (Å²) < 4.78 is 1.19. The molecule has 0 unspecified atom stereocenters. The number of aromatic amines is 1. The van der Waals surface area contributed by atoms with Crippen molar-refractivity contribution >= 4 is 16.8 Å². The smallest absolute Gasteiger partial charge is 0.329 e. The number of carbonyl (C=O) groups excluding carboxylic acids is 1. The molecular formula is C18H17N3O3. The molecule has 6 heteroatoms. The van der Waals surface area contributed by atoms with Crippen LogP contribution in [0.25, 0.3) is 22.0 Å². The molecule has 3 aromatic rings. The lowest BCUT2D eigenvalue weighted by atomic mass is 10.0. The Kier molecular flexibility index (Phi) is 3.81. The second-order valence-electron chi connectivity index (χ2n) is 5.90. The SMILES string of the molecule is CC(C)n1c(=O)[nH]c2cc(-c3cccc(C(N)=O)c3)ccc2c1=O. The Morgan fingerprint density at radius 1 is 1.08 bits per heavy atom. The summed E-state index contributed by atoms with van der Waals surface area (Å²) in [6.45, 7) is 3.57. The average molecular weight is 323 g/mol. The monoisotopic (exact) mass is 323 g/mol. The first-order valence-corrected chi connectivity index (χ1v) is 7.57. The molecule has 0 bridgehead atoms. The first-order valence-electron chi connectivity index (χ1n) is 7.57. The zero-order chi connectivity index (χ0) is 17.4. The van der Waals surface area contributed by atoms with Crippen molar-refractivity contribution in [1.82, 2.24) is 9.55 Å². The number of aromatic nitrogens is 2. The molecule has 0 fully saturated rings. The number of fused-ring (bicyclic) bond motifs is 1. The summed E-state index contributed by atoms with van der Waals surface area (Å²) in [6, 6.07) is 11.8. The maximum Gasteiger partial charge on any atom is 0.329 e. The highest BCUT2D eigenvalue weighted by Crippen LogP contribution is 2.23. The molecule has 0 radical (unpaired) electrons. The molecule has 0 aliphatic heterocycles. The number of carbonyl (C=O) groups is 1. The Hall–Kier alpha value is -3.15. The van der Waals surface area contributed by atoms with Crippen LogP contribution in [-0.2, 0) is 0 Å². The van der Waals surface area contributed by atoms with Gasteiger partial charge in [-0.1, -0.05) is 18.2 Å². The van der Waals surface area contributed by atoms with Crippen LogP contribution in [0.2, 0.25) is 0 Å². The van der Waals surface area contributed by atoms with Crippen molar-refractivity contribution in [1.29, 1.82) is 0 Å². The molecule has 0 spiro atoms. The molecular weight excluding hydrogens is 306 g/mol. The zero-order valence-electron chi connectivity index (χ0n) is 13.4. The molecule has 6 nitrogen and oxygen atoms in total. The number of nitrogens with zero attached hydrogens (tertiary/aromatic N) is 1. The van der Waals surface area contributed by atoms with Gasteiger partial charge in [-0.05, 0) is 49.2 Å². The summed E-state index contributed by atoms with van der Waals surface area (Å²) in [5, 5.41) is 0.443. The van der Waals surface area contributed by atoms with E-state index in [1.165, 1.54) is 4.57 Å². The number of nitrogens with two attached hydrogens (primary N) is 1. The van der Waals surface area contributed by atoms with Gasteiger partial charge in [-0.2, -0.15) is 0 Å². The van der Waals surface area contributed by atoms with E-state index in [0.717, 1.165) is 11.1 Å². The second-order valence-corrected chi connectivity index (χ2v) is 5.90. The maximum atomic E-state index is 12.5. The molecule has 1 aromatic heterocycles. The van der Waals surface area contributed by atoms with Gasteiger partial charge in [-0.3, -0.25) is 14.2 Å². The third kappa shape index (κ3) is 2.62. The van der Waals surface area contributed by atoms with Crippen LogP contribution in [0.5, 0.6) is 0 Å².